The highest BCUT2D eigenvalue weighted by molar-refractivity contribution is 5.84. The lowest BCUT2D eigenvalue weighted by Crippen LogP contribution is -2.15. The Bertz CT molecular complexity index is 1260. The van der Waals surface area contributed by atoms with Gasteiger partial charge < -0.3 is 18.6 Å². The highest BCUT2D eigenvalue weighted by Crippen LogP contribution is 2.26. The summed E-state index contributed by atoms with van der Waals surface area (Å²) in [5.41, 5.74) is 0.0450. The van der Waals surface area contributed by atoms with E-state index in [9.17, 15) is 9.59 Å². The van der Waals surface area contributed by atoms with Crippen LogP contribution in [-0.2, 0) is 9.53 Å². The van der Waals surface area contributed by atoms with E-state index in [4.69, 9.17) is 18.6 Å². The summed E-state index contributed by atoms with van der Waals surface area (Å²) in [6.45, 7) is 2.06. The third-order valence-corrected chi connectivity index (χ3v) is 4.49. The fourth-order valence-corrected chi connectivity index (χ4v) is 3.01. The number of hydrogen-bond donors (Lipinski definition) is 0. The molecule has 6 nitrogen and oxygen atoms in total. The number of esters is 1. The van der Waals surface area contributed by atoms with Gasteiger partial charge in [0.15, 0.2) is 6.61 Å². The topological polar surface area (TPSA) is 75.0 Å². The van der Waals surface area contributed by atoms with Gasteiger partial charge in [0.2, 0.25) is 11.2 Å². The summed E-state index contributed by atoms with van der Waals surface area (Å²) >= 11 is 0. The van der Waals surface area contributed by atoms with Gasteiger partial charge in [-0.2, -0.15) is 0 Å². The Balaban J connectivity index is 1.53. The van der Waals surface area contributed by atoms with Crippen molar-refractivity contribution >= 4 is 27.7 Å². The Morgan fingerprint density at radius 2 is 1.77 bits per heavy atom. The third kappa shape index (κ3) is 4.27. The van der Waals surface area contributed by atoms with Gasteiger partial charge in [-0.15, -0.1) is 0 Å². The Hall–Kier alpha value is -3.80. The molecule has 30 heavy (non-hydrogen) atoms. The molecule has 0 N–H and O–H groups in total. The van der Waals surface area contributed by atoms with Crippen molar-refractivity contribution in [3.8, 4) is 17.2 Å². The standard InChI is InChI=1S/C24H20O6/c1-2-11-27-23(25)15-28-18-9-10-20-21(13-18)29-14-22(24(20)26)30-19-8-7-16-5-3-4-6-17(16)12-19/h3-10,12-14H,2,11,15H2,1H3. The minimum absolute atomic E-state index is 0.0922. The van der Waals surface area contributed by atoms with Gasteiger partial charge in [-0.3, -0.25) is 4.79 Å². The van der Waals surface area contributed by atoms with E-state index < -0.39 is 5.97 Å². The number of ether oxygens (including phenoxy) is 3. The normalized spacial score (nSPS) is 10.8. The molecule has 0 fully saturated rings. The molecule has 4 rings (SSSR count). The highest BCUT2D eigenvalue weighted by atomic mass is 16.6. The monoisotopic (exact) mass is 404 g/mol. The molecule has 0 amide bonds. The molecule has 0 aliphatic heterocycles. The average molecular weight is 404 g/mol. The highest BCUT2D eigenvalue weighted by Gasteiger charge is 2.11. The largest absolute Gasteiger partial charge is 0.482 e. The molecule has 0 saturated heterocycles. The van der Waals surface area contributed by atoms with Crippen LogP contribution in [-0.4, -0.2) is 19.2 Å². The van der Waals surface area contributed by atoms with Crippen molar-refractivity contribution in [1.82, 2.24) is 0 Å². The summed E-state index contributed by atoms with van der Waals surface area (Å²) in [6, 6.07) is 18.2. The molecular weight excluding hydrogens is 384 g/mol. The molecule has 0 bridgehead atoms. The van der Waals surface area contributed by atoms with Crippen molar-refractivity contribution in [1.29, 1.82) is 0 Å². The number of carbonyl (C=O) groups excluding carboxylic acids is 1. The van der Waals surface area contributed by atoms with E-state index in [1.165, 1.54) is 6.26 Å². The van der Waals surface area contributed by atoms with Crippen molar-refractivity contribution in [2.45, 2.75) is 13.3 Å². The van der Waals surface area contributed by atoms with E-state index in [0.29, 0.717) is 29.1 Å². The van der Waals surface area contributed by atoms with E-state index in [1.807, 2.05) is 43.3 Å². The molecule has 1 heterocycles. The van der Waals surface area contributed by atoms with Crippen LogP contribution < -0.4 is 14.9 Å². The van der Waals surface area contributed by atoms with Gasteiger partial charge >= 0.3 is 5.97 Å². The van der Waals surface area contributed by atoms with Gasteiger partial charge in [0.25, 0.3) is 0 Å². The lowest BCUT2D eigenvalue weighted by atomic mass is 10.1. The van der Waals surface area contributed by atoms with Gasteiger partial charge in [-0.25, -0.2) is 4.79 Å². The lowest BCUT2D eigenvalue weighted by molar-refractivity contribution is -0.146. The molecule has 4 aromatic rings. The van der Waals surface area contributed by atoms with Gasteiger partial charge in [0.05, 0.1) is 12.0 Å². The van der Waals surface area contributed by atoms with Crippen LogP contribution in [0.15, 0.2) is 76.1 Å². The maximum atomic E-state index is 12.8. The minimum atomic E-state index is -0.447. The van der Waals surface area contributed by atoms with Gasteiger partial charge in [-0.05, 0) is 41.5 Å². The summed E-state index contributed by atoms with van der Waals surface area (Å²) in [6.07, 6.45) is 2.02. The Morgan fingerprint density at radius 1 is 0.967 bits per heavy atom. The van der Waals surface area contributed by atoms with Crippen LogP contribution in [0.1, 0.15) is 13.3 Å². The molecule has 0 aliphatic rings. The van der Waals surface area contributed by atoms with Crippen molar-refractivity contribution in [3.05, 3.63) is 77.2 Å². The molecule has 0 spiro atoms. The molecular formula is C24H20O6. The maximum absolute atomic E-state index is 12.8. The fraction of sp³-hybridized carbons (Fsp3) is 0.167. The minimum Gasteiger partial charge on any atom is -0.482 e. The second kappa shape index (κ2) is 8.69. The molecule has 0 saturated carbocycles. The molecule has 6 heteroatoms. The average Bonchev–Trinajstić information content (AvgIpc) is 2.78. The Labute approximate surface area is 172 Å². The summed E-state index contributed by atoms with van der Waals surface area (Å²) in [4.78, 5) is 24.3. The Morgan fingerprint density at radius 3 is 2.60 bits per heavy atom. The summed E-state index contributed by atoms with van der Waals surface area (Å²) in [5, 5.41) is 2.45. The summed E-state index contributed by atoms with van der Waals surface area (Å²) in [7, 11) is 0. The van der Waals surface area contributed by atoms with Crippen LogP contribution >= 0.6 is 0 Å². The number of benzene rings is 3. The van der Waals surface area contributed by atoms with Crippen LogP contribution in [0.4, 0.5) is 0 Å². The molecule has 0 radical (unpaired) electrons. The van der Waals surface area contributed by atoms with Crippen LogP contribution in [0.5, 0.6) is 17.2 Å². The lowest BCUT2D eigenvalue weighted by Gasteiger charge is -2.08. The first-order valence-electron chi connectivity index (χ1n) is 9.64. The first-order chi connectivity index (χ1) is 14.6. The first kappa shape index (κ1) is 19.5. The number of carbonyl (C=O) groups is 1. The number of fused-ring (bicyclic) bond motifs is 2. The van der Waals surface area contributed by atoms with Gasteiger partial charge in [0.1, 0.15) is 23.3 Å². The molecule has 0 atom stereocenters. The third-order valence-electron chi connectivity index (χ3n) is 4.49. The first-order valence-corrected chi connectivity index (χ1v) is 9.64. The van der Waals surface area contributed by atoms with E-state index in [2.05, 4.69) is 0 Å². The van der Waals surface area contributed by atoms with E-state index >= 15 is 0 Å². The van der Waals surface area contributed by atoms with Gasteiger partial charge in [-0.1, -0.05) is 37.3 Å². The number of hydrogen-bond acceptors (Lipinski definition) is 6. The smallest absolute Gasteiger partial charge is 0.344 e. The predicted octanol–water partition coefficient (Wildman–Crippen LogP) is 5.07. The van der Waals surface area contributed by atoms with Crippen LogP contribution in [0.3, 0.4) is 0 Å². The zero-order valence-corrected chi connectivity index (χ0v) is 16.4. The van der Waals surface area contributed by atoms with E-state index in [1.54, 1.807) is 24.3 Å². The van der Waals surface area contributed by atoms with E-state index in [-0.39, 0.29) is 17.8 Å². The van der Waals surface area contributed by atoms with Crippen LogP contribution in [0, 0.1) is 0 Å². The molecule has 1 aromatic heterocycles. The maximum Gasteiger partial charge on any atom is 0.344 e. The Kier molecular flexibility index (Phi) is 5.66. The van der Waals surface area contributed by atoms with Crippen molar-refractivity contribution in [2.24, 2.45) is 0 Å². The van der Waals surface area contributed by atoms with Crippen molar-refractivity contribution in [3.63, 3.8) is 0 Å². The SMILES string of the molecule is CCCOC(=O)COc1ccc2c(=O)c(Oc3ccc4ccccc4c3)coc2c1. The van der Waals surface area contributed by atoms with Crippen molar-refractivity contribution in [2.75, 3.05) is 13.2 Å². The molecule has 3 aromatic carbocycles. The second-order valence-electron chi connectivity index (χ2n) is 6.71. The number of rotatable bonds is 7. The summed E-state index contributed by atoms with van der Waals surface area (Å²) < 4.78 is 21.7. The zero-order chi connectivity index (χ0) is 20.9. The molecule has 0 unspecified atom stereocenters. The summed E-state index contributed by atoms with van der Waals surface area (Å²) in [5.74, 6) is 0.598. The van der Waals surface area contributed by atoms with E-state index in [0.717, 1.165) is 17.2 Å². The molecule has 152 valence electrons. The fourth-order valence-electron chi connectivity index (χ4n) is 3.01. The quantitative estimate of drug-likeness (QED) is 0.400. The second-order valence-corrected chi connectivity index (χ2v) is 6.71. The van der Waals surface area contributed by atoms with Crippen LogP contribution in [0.25, 0.3) is 21.7 Å². The van der Waals surface area contributed by atoms with Crippen molar-refractivity contribution < 1.29 is 23.4 Å². The molecule has 0 aliphatic carbocycles. The predicted molar refractivity (Wildman–Crippen MR) is 113 cm³/mol. The van der Waals surface area contributed by atoms with Crippen LogP contribution in [0.2, 0.25) is 0 Å². The zero-order valence-electron chi connectivity index (χ0n) is 16.4. The van der Waals surface area contributed by atoms with Gasteiger partial charge in [0, 0.05) is 6.07 Å².